The molecule has 2 aromatic carbocycles. The van der Waals surface area contributed by atoms with Crippen molar-refractivity contribution in [3.05, 3.63) is 58.1 Å². The highest BCUT2D eigenvalue weighted by atomic mass is 32.1. The topological polar surface area (TPSA) is 94.8 Å². The highest BCUT2D eigenvalue weighted by Crippen LogP contribution is 2.43. The first kappa shape index (κ1) is 16.5. The zero-order valence-electron chi connectivity index (χ0n) is 12.7. The van der Waals surface area contributed by atoms with Crippen molar-refractivity contribution in [2.24, 2.45) is 0 Å². The summed E-state index contributed by atoms with van der Waals surface area (Å²) in [6, 6.07) is 7.59. The predicted molar refractivity (Wildman–Crippen MR) is 91.4 cm³/mol. The van der Waals surface area contributed by atoms with Gasteiger partial charge in [0.25, 0.3) is 0 Å². The number of hydrogen-bond donors (Lipinski definition) is 4. The zero-order chi connectivity index (χ0) is 17.4. The monoisotopic (exact) mass is 344 g/mol. The summed E-state index contributed by atoms with van der Waals surface area (Å²) in [6.07, 6.45) is 0.314. The summed E-state index contributed by atoms with van der Waals surface area (Å²) in [5.74, 6) is -1.72. The Morgan fingerprint density at radius 2 is 1.58 bits per heavy atom. The lowest BCUT2D eigenvalue weighted by molar-refractivity contribution is 0.0974. The number of fused-ring (bicyclic) bond motifs is 2. The van der Waals surface area contributed by atoms with E-state index >= 15 is 0 Å². The van der Waals surface area contributed by atoms with Crippen molar-refractivity contribution in [3.63, 3.8) is 0 Å². The van der Waals surface area contributed by atoms with Crippen molar-refractivity contribution in [2.75, 3.05) is 12.4 Å². The Kier molecular flexibility index (Phi) is 4.34. The van der Waals surface area contributed by atoms with Crippen molar-refractivity contribution in [1.82, 2.24) is 0 Å². The molecule has 0 saturated carbocycles. The molecule has 0 spiro atoms. The third-order valence-corrected chi connectivity index (χ3v) is 4.76. The van der Waals surface area contributed by atoms with Crippen molar-refractivity contribution in [1.29, 1.82) is 0 Å². The first-order valence-electron chi connectivity index (χ1n) is 7.50. The molecular weight excluding hydrogens is 328 g/mol. The van der Waals surface area contributed by atoms with E-state index < -0.39 is 11.6 Å². The fourth-order valence-electron chi connectivity index (χ4n) is 3.09. The summed E-state index contributed by atoms with van der Waals surface area (Å²) in [4.78, 5) is 25.4. The third-order valence-electron chi connectivity index (χ3n) is 4.32. The largest absolute Gasteiger partial charge is 0.507 e. The molecule has 2 aromatic rings. The van der Waals surface area contributed by atoms with E-state index in [1.54, 1.807) is 12.1 Å². The molecule has 24 heavy (non-hydrogen) atoms. The van der Waals surface area contributed by atoms with Gasteiger partial charge in [-0.05, 0) is 24.2 Å². The van der Waals surface area contributed by atoms with Crippen LogP contribution in [0.4, 0.5) is 0 Å². The maximum absolute atomic E-state index is 12.8. The standard InChI is InChI=1S/C18H16O5S/c19-6-5-9(8-24)12-7-13(20)14-15(18(12)23)17(22)11-4-2-1-3-10(11)16(14)21/h1-4,7,9,19-20,23-24H,5-6,8H2. The molecule has 124 valence electrons. The quantitative estimate of drug-likeness (QED) is 0.430. The van der Waals surface area contributed by atoms with Gasteiger partial charge in [0.1, 0.15) is 11.5 Å². The molecule has 0 bridgehead atoms. The molecule has 1 aliphatic carbocycles. The van der Waals surface area contributed by atoms with Gasteiger partial charge in [-0.15, -0.1) is 0 Å². The lowest BCUT2D eigenvalue weighted by Gasteiger charge is -2.23. The Labute approximate surface area is 144 Å². The number of aliphatic hydroxyl groups excluding tert-OH is 1. The van der Waals surface area contributed by atoms with Gasteiger partial charge in [0.2, 0.25) is 0 Å². The average Bonchev–Trinajstić information content (AvgIpc) is 2.59. The van der Waals surface area contributed by atoms with E-state index in [1.165, 1.54) is 18.2 Å². The van der Waals surface area contributed by atoms with Gasteiger partial charge in [-0.1, -0.05) is 24.3 Å². The van der Waals surface area contributed by atoms with Crippen LogP contribution >= 0.6 is 12.6 Å². The molecule has 0 fully saturated rings. The zero-order valence-corrected chi connectivity index (χ0v) is 13.6. The van der Waals surface area contributed by atoms with Gasteiger partial charge in [0.15, 0.2) is 11.6 Å². The van der Waals surface area contributed by atoms with Crippen LogP contribution in [0.25, 0.3) is 0 Å². The van der Waals surface area contributed by atoms with Gasteiger partial charge < -0.3 is 15.3 Å². The van der Waals surface area contributed by atoms with Crippen LogP contribution < -0.4 is 0 Å². The number of phenolic OH excluding ortho intramolecular Hbond substituents is 2. The maximum atomic E-state index is 12.8. The van der Waals surface area contributed by atoms with Gasteiger partial charge >= 0.3 is 0 Å². The molecule has 0 radical (unpaired) electrons. The highest BCUT2D eigenvalue weighted by Gasteiger charge is 2.36. The number of hydrogen-bond acceptors (Lipinski definition) is 6. The van der Waals surface area contributed by atoms with Gasteiger partial charge in [0, 0.05) is 23.3 Å². The number of rotatable bonds is 4. The number of phenols is 2. The van der Waals surface area contributed by atoms with E-state index in [2.05, 4.69) is 12.6 Å². The van der Waals surface area contributed by atoms with E-state index in [4.69, 9.17) is 5.11 Å². The van der Waals surface area contributed by atoms with Gasteiger partial charge in [-0.2, -0.15) is 12.6 Å². The average molecular weight is 344 g/mol. The first-order chi connectivity index (χ1) is 11.5. The summed E-state index contributed by atoms with van der Waals surface area (Å²) in [6.45, 7) is -0.127. The predicted octanol–water partition coefficient (Wildman–Crippen LogP) is 2.27. The lowest BCUT2D eigenvalue weighted by Crippen LogP contribution is -2.22. The summed E-state index contributed by atoms with van der Waals surface area (Å²) in [7, 11) is 0. The van der Waals surface area contributed by atoms with E-state index in [-0.39, 0.29) is 46.3 Å². The Bertz CT molecular complexity index is 844. The Morgan fingerprint density at radius 1 is 1.00 bits per heavy atom. The number of ketones is 2. The summed E-state index contributed by atoms with van der Waals surface area (Å²) in [5.41, 5.74) is 0.348. The van der Waals surface area contributed by atoms with Crippen LogP contribution in [0.2, 0.25) is 0 Å². The van der Waals surface area contributed by atoms with Gasteiger partial charge in [0.05, 0.1) is 11.1 Å². The molecule has 0 aromatic heterocycles. The molecule has 0 amide bonds. The molecule has 0 heterocycles. The molecule has 5 nitrogen and oxygen atoms in total. The van der Waals surface area contributed by atoms with Crippen LogP contribution in [0.5, 0.6) is 11.5 Å². The number of carbonyl (C=O) groups is 2. The van der Waals surface area contributed by atoms with E-state index in [0.717, 1.165) is 0 Å². The Balaban J connectivity index is 2.26. The number of aliphatic hydroxyl groups is 1. The third kappa shape index (κ3) is 2.39. The summed E-state index contributed by atoms with van der Waals surface area (Å²) >= 11 is 4.20. The van der Waals surface area contributed by atoms with Crippen LogP contribution in [0.1, 0.15) is 49.7 Å². The van der Waals surface area contributed by atoms with Crippen molar-refractivity contribution in [3.8, 4) is 11.5 Å². The summed E-state index contributed by atoms with van der Waals surface area (Å²) < 4.78 is 0. The van der Waals surface area contributed by atoms with Crippen LogP contribution in [0.3, 0.4) is 0 Å². The SMILES string of the molecule is O=C1c2ccccc2C(=O)c2c(O)c(C(CS)CCO)cc(O)c21. The molecule has 3 rings (SSSR count). The van der Waals surface area contributed by atoms with Crippen LogP contribution in [-0.2, 0) is 0 Å². The van der Waals surface area contributed by atoms with Crippen LogP contribution in [0, 0.1) is 0 Å². The minimum atomic E-state index is -0.503. The maximum Gasteiger partial charge on any atom is 0.198 e. The number of carbonyl (C=O) groups excluding carboxylic acids is 2. The van der Waals surface area contributed by atoms with E-state index in [0.29, 0.717) is 17.7 Å². The van der Waals surface area contributed by atoms with Gasteiger partial charge in [-0.3, -0.25) is 9.59 Å². The first-order valence-corrected chi connectivity index (χ1v) is 8.13. The summed E-state index contributed by atoms with van der Waals surface area (Å²) in [5, 5.41) is 30.1. The molecular formula is C18H16O5S. The minimum absolute atomic E-state index is 0.127. The molecule has 1 atom stereocenters. The van der Waals surface area contributed by atoms with E-state index in [1.807, 2.05) is 0 Å². The molecule has 3 N–H and O–H groups in total. The number of aromatic hydroxyl groups is 2. The normalized spacial score (nSPS) is 14.2. The van der Waals surface area contributed by atoms with Crippen LogP contribution in [0.15, 0.2) is 30.3 Å². The molecule has 1 unspecified atom stereocenters. The molecule has 0 saturated heterocycles. The fourth-order valence-corrected chi connectivity index (χ4v) is 3.47. The Morgan fingerprint density at radius 3 is 2.12 bits per heavy atom. The van der Waals surface area contributed by atoms with Crippen molar-refractivity contribution >= 4 is 24.2 Å². The smallest absolute Gasteiger partial charge is 0.198 e. The number of benzene rings is 2. The van der Waals surface area contributed by atoms with E-state index in [9.17, 15) is 19.8 Å². The number of thiol groups is 1. The van der Waals surface area contributed by atoms with Gasteiger partial charge in [-0.25, -0.2) is 0 Å². The Hall–Kier alpha value is -2.31. The second-order valence-electron chi connectivity index (χ2n) is 5.68. The van der Waals surface area contributed by atoms with Crippen molar-refractivity contribution in [2.45, 2.75) is 12.3 Å². The highest BCUT2D eigenvalue weighted by molar-refractivity contribution is 7.80. The van der Waals surface area contributed by atoms with Crippen molar-refractivity contribution < 1.29 is 24.9 Å². The second-order valence-corrected chi connectivity index (χ2v) is 6.04. The fraction of sp³-hybridized carbons (Fsp3) is 0.222. The molecule has 1 aliphatic rings. The van der Waals surface area contributed by atoms with Crippen LogP contribution in [-0.4, -0.2) is 39.2 Å². The minimum Gasteiger partial charge on any atom is -0.507 e. The molecule has 0 aliphatic heterocycles. The lowest BCUT2D eigenvalue weighted by atomic mass is 9.80. The molecule has 6 heteroatoms. The second kappa shape index (κ2) is 6.30.